The van der Waals surface area contributed by atoms with Crippen molar-refractivity contribution in [1.29, 1.82) is 0 Å². The van der Waals surface area contributed by atoms with Gasteiger partial charge < -0.3 is 20.7 Å². The lowest BCUT2D eigenvalue weighted by Crippen LogP contribution is -2.56. The van der Waals surface area contributed by atoms with Gasteiger partial charge in [0.25, 0.3) is 0 Å². The van der Waals surface area contributed by atoms with Gasteiger partial charge in [-0.15, -0.1) is 0 Å². The zero-order chi connectivity index (χ0) is 19.1. The highest BCUT2D eigenvalue weighted by Gasteiger charge is 2.32. The zero-order valence-corrected chi connectivity index (χ0v) is 15.5. The van der Waals surface area contributed by atoms with Gasteiger partial charge in [0.2, 0.25) is 11.8 Å². The molecule has 1 aliphatic carbocycles. The molecular formula is C19H29BN2O4. The molecule has 0 heterocycles. The van der Waals surface area contributed by atoms with E-state index < -0.39 is 19.1 Å². The lowest BCUT2D eigenvalue weighted by atomic mass is 9.75. The van der Waals surface area contributed by atoms with Crippen LogP contribution in [0.1, 0.15) is 45.1 Å². The van der Waals surface area contributed by atoms with E-state index in [2.05, 4.69) is 10.6 Å². The van der Waals surface area contributed by atoms with Gasteiger partial charge in [0.05, 0.1) is 5.94 Å². The second-order valence-corrected chi connectivity index (χ2v) is 7.54. The molecule has 0 unspecified atom stereocenters. The first-order valence-corrected chi connectivity index (χ1v) is 9.37. The molecule has 2 rings (SSSR count). The van der Waals surface area contributed by atoms with Crippen molar-refractivity contribution < 1.29 is 19.6 Å². The van der Waals surface area contributed by atoms with Crippen molar-refractivity contribution in [3.8, 4) is 0 Å². The van der Waals surface area contributed by atoms with Gasteiger partial charge in [-0.25, -0.2) is 0 Å². The van der Waals surface area contributed by atoms with E-state index in [1.165, 1.54) is 0 Å². The van der Waals surface area contributed by atoms with Gasteiger partial charge in [-0.1, -0.05) is 50.6 Å². The van der Waals surface area contributed by atoms with Gasteiger partial charge in [-0.2, -0.15) is 0 Å². The number of hydrogen-bond acceptors (Lipinski definition) is 4. The first-order valence-electron chi connectivity index (χ1n) is 9.37. The third-order valence-corrected chi connectivity index (χ3v) is 4.80. The van der Waals surface area contributed by atoms with Crippen LogP contribution in [0.15, 0.2) is 30.3 Å². The van der Waals surface area contributed by atoms with E-state index >= 15 is 0 Å². The van der Waals surface area contributed by atoms with E-state index in [0.29, 0.717) is 12.8 Å². The molecule has 2 atom stereocenters. The van der Waals surface area contributed by atoms with Crippen LogP contribution in [0, 0.1) is 11.8 Å². The van der Waals surface area contributed by atoms with Crippen LogP contribution in [0.4, 0.5) is 0 Å². The second kappa shape index (κ2) is 9.74. The summed E-state index contributed by atoms with van der Waals surface area (Å²) in [5.74, 6) is -1.07. The first-order chi connectivity index (χ1) is 12.4. The highest BCUT2D eigenvalue weighted by molar-refractivity contribution is 6.43. The average Bonchev–Trinajstić information content (AvgIpc) is 2.52. The van der Waals surface area contributed by atoms with Gasteiger partial charge >= 0.3 is 7.12 Å². The van der Waals surface area contributed by atoms with Crippen molar-refractivity contribution in [3.05, 3.63) is 35.9 Å². The number of rotatable bonds is 9. The highest BCUT2D eigenvalue weighted by atomic mass is 16.4. The van der Waals surface area contributed by atoms with Crippen molar-refractivity contribution in [2.24, 2.45) is 11.8 Å². The molecule has 26 heavy (non-hydrogen) atoms. The van der Waals surface area contributed by atoms with E-state index in [1.54, 1.807) is 0 Å². The number of carbonyl (C=O) groups is 2. The summed E-state index contributed by atoms with van der Waals surface area (Å²) in [6.45, 7) is 3.89. The maximum atomic E-state index is 12.8. The molecule has 0 radical (unpaired) electrons. The molecule has 4 N–H and O–H groups in total. The Morgan fingerprint density at radius 3 is 2.31 bits per heavy atom. The van der Waals surface area contributed by atoms with Crippen molar-refractivity contribution in [3.63, 3.8) is 0 Å². The molecule has 7 heteroatoms. The molecule has 1 aromatic rings. The molecule has 142 valence electrons. The predicted molar refractivity (Wildman–Crippen MR) is 101 cm³/mol. The molecule has 6 nitrogen and oxygen atoms in total. The average molecular weight is 360 g/mol. The molecule has 0 aliphatic heterocycles. The molecule has 1 aromatic carbocycles. The van der Waals surface area contributed by atoms with Crippen LogP contribution in [0.5, 0.6) is 0 Å². The fourth-order valence-corrected chi connectivity index (χ4v) is 3.07. The Morgan fingerprint density at radius 2 is 1.81 bits per heavy atom. The Morgan fingerprint density at radius 1 is 1.15 bits per heavy atom. The first kappa shape index (κ1) is 20.5. The minimum Gasteiger partial charge on any atom is -0.426 e. The maximum Gasteiger partial charge on any atom is 0.475 e. The number of nitrogens with one attached hydrogen (secondary N) is 2. The Hall–Kier alpha value is -1.86. The summed E-state index contributed by atoms with van der Waals surface area (Å²) in [7, 11) is -1.64. The maximum absolute atomic E-state index is 12.8. The Kier molecular flexibility index (Phi) is 7.66. The van der Waals surface area contributed by atoms with E-state index in [9.17, 15) is 19.6 Å². The van der Waals surface area contributed by atoms with Crippen LogP contribution in [-0.2, 0) is 16.0 Å². The quantitative estimate of drug-likeness (QED) is 0.495. The van der Waals surface area contributed by atoms with Crippen molar-refractivity contribution >= 4 is 18.9 Å². The van der Waals surface area contributed by atoms with Crippen LogP contribution >= 0.6 is 0 Å². The summed E-state index contributed by atoms with van der Waals surface area (Å²) in [6.07, 6.45) is 3.56. The van der Waals surface area contributed by atoms with E-state index in [4.69, 9.17) is 0 Å². The minimum atomic E-state index is -1.64. The predicted octanol–water partition coefficient (Wildman–Crippen LogP) is 1.06. The summed E-state index contributed by atoms with van der Waals surface area (Å²) in [5, 5.41) is 24.6. The molecule has 1 saturated carbocycles. The highest BCUT2D eigenvalue weighted by Crippen LogP contribution is 2.26. The van der Waals surface area contributed by atoms with Crippen molar-refractivity contribution in [2.45, 2.75) is 57.9 Å². The molecular weight excluding hydrogens is 331 g/mol. The largest absolute Gasteiger partial charge is 0.475 e. The summed E-state index contributed by atoms with van der Waals surface area (Å²) in [6, 6.07) is 8.74. The molecule has 2 amide bonds. The molecule has 0 aromatic heterocycles. The lowest BCUT2D eigenvalue weighted by molar-refractivity contribution is -0.132. The fourth-order valence-electron chi connectivity index (χ4n) is 3.07. The topological polar surface area (TPSA) is 98.7 Å². The molecule has 0 spiro atoms. The summed E-state index contributed by atoms with van der Waals surface area (Å²) in [4.78, 5) is 25.1. The van der Waals surface area contributed by atoms with Crippen LogP contribution in [0.2, 0.25) is 0 Å². The van der Waals surface area contributed by atoms with Crippen LogP contribution in [0.3, 0.4) is 0 Å². The number of amides is 2. The van der Waals surface area contributed by atoms with Gasteiger partial charge in [0, 0.05) is 12.3 Å². The van der Waals surface area contributed by atoms with E-state index in [1.807, 2.05) is 44.2 Å². The number of benzene rings is 1. The lowest BCUT2D eigenvalue weighted by Gasteiger charge is -2.28. The molecule has 1 aliphatic rings. The van der Waals surface area contributed by atoms with Crippen molar-refractivity contribution in [1.82, 2.24) is 10.6 Å². The SMILES string of the molecule is CC(C)C[C@H](NC(=O)[C@H](Cc1ccccc1)NC(=O)C1CCC1)B(O)O. The molecule has 0 bridgehead atoms. The Balaban J connectivity index is 2.07. The van der Waals surface area contributed by atoms with Gasteiger partial charge in [0.1, 0.15) is 6.04 Å². The molecule has 0 saturated heterocycles. The normalized spacial score (nSPS) is 16.5. The van der Waals surface area contributed by atoms with Crippen LogP contribution < -0.4 is 10.6 Å². The van der Waals surface area contributed by atoms with E-state index in [-0.39, 0.29) is 23.7 Å². The van der Waals surface area contributed by atoms with E-state index in [0.717, 1.165) is 24.8 Å². The van der Waals surface area contributed by atoms with Crippen molar-refractivity contribution in [2.75, 3.05) is 0 Å². The summed E-state index contributed by atoms with van der Waals surface area (Å²) in [5.41, 5.74) is 0.937. The third kappa shape index (κ3) is 6.14. The minimum absolute atomic E-state index is 0.0176. The fraction of sp³-hybridized carbons (Fsp3) is 0.579. The summed E-state index contributed by atoms with van der Waals surface area (Å²) < 4.78 is 0. The Bertz CT molecular complexity index is 590. The van der Waals surface area contributed by atoms with Crippen LogP contribution in [-0.4, -0.2) is 41.0 Å². The third-order valence-electron chi connectivity index (χ3n) is 4.80. The van der Waals surface area contributed by atoms with Gasteiger partial charge in [0.15, 0.2) is 0 Å². The monoisotopic (exact) mass is 360 g/mol. The second-order valence-electron chi connectivity index (χ2n) is 7.54. The smallest absolute Gasteiger partial charge is 0.426 e. The number of carbonyl (C=O) groups excluding carboxylic acids is 2. The Labute approximate surface area is 155 Å². The number of hydrogen-bond donors (Lipinski definition) is 4. The standard InChI is InChI=1S/C19H29BN2O4/c1-13(2)11-17(20(25)26)22-19(24)16(12-14-7-4-3-5-8-14)21-18(23)15-9-6-10-15/h3-5,7-8,13,15-17,25-26H,6,9-12H2,1-2H3,(H,21,23)(H,22,24)/t16-,17-/m0/s1. The summed E-state index contributed by atoms with van der Waals surface area (Å²) >= 11 is 0. The van der Waals surface area contributed by atoms with Crippen LogP contribution in [0.25, 0.3) is 0 Å². The zero-order valence-electron chi connectivity index (χ0n) is 15.5. The van der Waals surface area contributed by atoms with Gasteiger partial charge in [-0.05, 0) is 30.7 Å². The molecule has 1 fully saturated rings. The van der Waals surface area contributed by atoms with Gasteiger partial charge in [-0.3, -0.25) is 9.59 Å².